The lowest BCUT2D eigenvalue weighted by atomic mass is 10.2. The largest absolute Gasteiger partial charge is 0.446 e. The van der Waals surface area contributed by atoms with Crippen molar-refractivity contribution in [1.82, 2.24) is 4.72 Å². The van der Waals surface area contributed by atoms with E-state index < -0.39 is 15.3 Å². The van der Waals surface area contributed by atoms with Crippen LogP contribution in [0.1, 0.15) is 12.8 Å². The van der Waals surface area contributed by atoms with Crippen molar-refractivity contribution in [2.24, 2.45) is 0 Å². The molecule has 0 saturated carbocycles. The topological polar surface area (TPSA) is 81.7 Å². The predicted octanol–water partition coefficient (Wildman–Crippen LogP) is 0.375. The van der Waals surface area contributed by atoms with E-state index in [1.165, 1.54) is 4.72 Å². The Morgan fingerprint density at radius 3 is 2.86 bits per heavy atom. The zero-order valence-electron chi connectivity index (χ0n) is 7.23. The van der Waals surface area contributed by atoms with Crippen molar-refractivity contribution < 1.29 is 22.7 Å². The Morgan fingerprint density at radius 2 is 2.36 bits per heavy atom. The van der Waals surface area contributed by atoms with Crippen molar-refractivity contribution in [2.45, 2.75) is 18.9 Å². The van der Waals surface area contributed by atoms with E-state index in [-0.39, 0.29) is 12.7 Å². The molecule has 1 heterocycles. The molecule has 1 aliphatic rings. The maximum Gasteiger partial charge on any atom is 0.421 e. The molecule has 0 radical (unpaired) electrons. The number of rotatable bonds is 3. The third-order valence-electron chi connectivity index (χ3n) is 1.63. The number of carbonyl (C=O) groups is 1. The van der Waals surface area contributed by atoms with Gasteiger partial charge in [0.25, 0.3) is 0 Å². The first kappa shape index (κ1) is 11.5. The molecule has 1 saturated heterocycles. The molecule has 0 aromatic carbocycles. The molecule has 8 heteroatoms. The fourth-order valence-electron chi connectivity index (χ4n) is 1.07. The minimum absolute atomic E-state index is 0.0399. The van der Waals surface area contributed by atoms with Crippen LogP contribution in [-0.2, 0) is 18.7 Å². The van der Waals surface area contributed by atoms with Crippen molar-refractivity contribution >= 4 is 26.0 Å². The van der Waals surface area contributed by atoms with Crippen LogP contribution in [0.2, 0.25) is 0 Å². The molecule has 0 aliphatic carbocycles. The van der Waals surface area contributed by atoms with Crippen LogP contribution in [-0.4, -0.2) is 33.8 Å². The number of nitrogens with one attached hydrogen (secondary N) is 1. The first-order valence-corrected chi connectivity index (χ1v) is 6.29. The third-order valence-corrected chi connectivity index (χ3v) is 2.27. The number of hydrogen-bond donors (Lipinski definition) is 1. The molecule has 1 amide bonds. The normalized spacial score (nSPS) is 21.9. The summed E-state index contributed by atoms with van der Waals surface area (Å²) in [5, 5.41) is 0. The lowest BCUT2D eigenvalue weighted by Gasteiger charge is -2.09. The van der Waals surface area contributed by atoms with E-state index in [0.717, 1.165) is 12.8 Å². The van der Waals surface area contributed by atoms with Gasteiger partial charge in [-0.25, -0.2) is 9.52 Å². The molecule has 6 nitrogen and oxygen atoms in total. The van der Waals surface area contributed by atoms with Gasteiger partial charge < -0.3 is 9.47 Å². The van der Waals surface area contributed by atoms with E-state index in [1.54, 1.807) is 0 Å². The number of hydrogen-bond acceptors (Lipinski definition) is 5. The molecular weight excluding hydrogens is 234 g/mol. The Labute approximate surface area is 86.1 Å². The molecule has 1 fully saturated rings. The molecule has 14 heavy (non-hydrogen) atoms. The Morgan fingerprint density at radius 1 is 1.64 bits per heavy atom. The molecule has 1 N–H and O–H groups in total. The van der Waals surface area contributed by atoms with Gasteiger partial charge in [-0.3, -0.25) is 0 Å². The van der Waals surface area contributed by atoms with Crippen molar-refractivity contribution in [1.29, 1.82) is 0 Å². The molecular formula is C6H10ClNO5S. The average molecular weight is 244 g/mol. The first-order valence-electron chi connectivity index (χ1n) is 3.98. The Kier molecular flexibility index (Phi) is 3.97. The van der Waals surface area contributed by atoms with Crippen LogP contribution in [0.25, 0.3) is 0 Å². The molecule has 0 spiro atoms. The zero-order valence-corrected chi connectivity index (χ0v) is 8.81. The van der Waals surface area contributed by atoms with Gasteiger partial charge in [0.15, 0.2) is 0 Å². The monoisotopic (exact) mass is 243 g/mol. The van der Waals surface area contributed by atoms with Crippen LogP contribution >= 0.6 is 10.7 Å². The van der Waals surface area contributed by atoms with E-state index in [9.17, 15) is 13.2 Å². The second-order valence-corrected chi connectivity index (χ2v) is 5.07. The maximum atomic E-state index is 10.8. The van der Waals surface area contributed by atoms with Gasteiger partial charge in [0.2, 0.25) is 0 Å². The summed E-state index contributed by atoms with van der Waals surface area (Å²) in [5.74, 6) is 0. The second-order valence-electron chi connectivity index (χ2n) is 2.77. The minimum Gasteiger partial charge on any atom is -0.446 e. The first-order chi connectivity index (χ1) is 6.47. The van der Waals surface area contributed by atoms with Crippen LogP contribution in [0.15, 0.2) is 0 Å². The van der Waals surface area contributed by atoms with E-state index in [1.807, 2.05) is 0 Å². The van der Waals surface area contributed by atoms with Gasteiger partial charge in [0.1, 0.15) is 6.61 Å². The molecule has 0 bridgehead atoms. The van der Waals surface area contributed by atoms with Gasteiger partial charge in [0.05, 0.1) is 6.10 Å². The van der Waals surface area contributed by atoms with Crippen LogP contribution < -0.4 is 4.72 Å². The maximum absolute atomic E-state index is 10.8. The van der Waals surface area contributed by atoms with Gasteiger partial charge >= 0.3 is 15.3 Å². The molecule has 1 unspecified atom stereocenters. The summed E-state index contributed by atoms with van der Waals surface area (Å²) in [7, 11) is 0.690. The number of amides is 1. The Bertz CT molecular complexity index is 297. The standard InChI is InChI=1S/C6H10ClNO5S/c7-14(10,11)8-6(9)13-4-5-2-1-3-12-5/h5H,1-4H2,(H,8,9). The van der Waals surface area contributed by atoms with Crippen LogP contribution in [0, 0.1) is 0 Å². The van der Waals surface area contributed by atoms with Gasteiger partial charge in [-0.2, -0.15) is 8.42 Å². The van der Waals surface area contributed by atoms with Gasteiger partial charge in [0, 0.05) is 17.3 Å². The summed E-state index contributed by atoms with van der Waals surface area (Å²) in [5.41, 5.74) is 0. The van der Waals surface area contributed by atoms with Crippen LogP contribution in [0.4, 0.5) is 4.79 Å². The van der Waals surface area contributed by atoms with Gasteiger partial charge in [-0.05, 0) is 12.8 Å². The highest BCUT2D eigenvalue weighted by Crippen LogP contribution is 2.11. The molecule has 82 valence electrons. The smallest absolute Gasteiger partial charge is 0.421 e. The van der Waals surface area contributed by atoms with Gasteiger partial charge in [-0.15, -0.1) is 0 Å². The summed E-state index contributed by atoms with van der Waals surface area (Å²) in [6, 6.07) is 0. The molecule has 0 aromatic heterocycles. The summed E-state index contributed by atoms with van der Waals surface area (Å²) in [6.45, 7) is 0.682. The number of ether oxygens (including phenoxy) is 2. The number of carbonyl (C=O) groups excluding carboxylic acids is 1. The predicted molar refractivity (Wildman–Crippen MR) is 48.2 cm³/mol. The average Bonchev–Trinajstić information content (AvgIpc) is 2.49. The number of halogens is 1. The lowest BCUT2D eigenvalue weighted by molar-refractivity contribution is 0.0457. The van der Waals surface area contributed by atoms with Crippen LogP contribution in [0.3, 0.4) is 0 Å². The van der Waals surface area contributed by atoms with Crippen molar-refractivity contribution in [3.05, 3.63) is 0 Å². The quantitative estimate of drug-likeness (QED) is 0.725. The Balaban J connectivity index is 2.21. The molecule has 1 aliphatic heterocycles. The summed E-state index contributed by atoms with van der Waals surface area (Å²) >= 11 is 0. The van der Waals surface area contributed by atoms with E-state index in [4.69, 9.17) is 15.4 Å². The summed E-state index contributed by atoms with van der Waals surface area (Å²) in [4.78, 5) is 10.8. The van der Waals surface area contributed by atoms with Gasteiger partial charge in [-0.1, -0.05) is 0 Å². The van der Waals surface area contributed by atoms with Crippen molar-refractivity contribution in [3.8, 4) is 0 Å². The van der Waals surface area contributed by atoms with Crippen molar-refractivity contribution in [2.75, 3.05) is 13.2 Å². The fourth-order valence-corrected chi connectivity index (χ4v) is 1.52. The summed E-state index contributed by atoms with van der Waals surface area (Å²) in [6.07, 6.45) is 0.499. The third kappa shape index (κ3) is 4.64. The second kappa shape index (κ2) is 4.81. The molecule has 1 atom stereocenters. The van der Waals surface area contributed by atoms with Crippen molar-refractivity contribution in [3.63, 3.8) is 0 Å². The molecule has 0 aromatic rings. The minimum atomic E-state index is -4.06. The zero-order chi connectivity index (χ0) is 10.6. The van der Waals surface area contributed by atoms with E-state index in [0.29, 0.717) is 6.61 Å². The highest BCUT2D eigenvalue weighted by molar-refractivity contribution is 8.12. The highest BCUT2D eigenvalue weighted by Gasteiger charge is 2.18. The Hall–Kier alpha value is -0.530. The SMILES string of the molecule is O=C(NS(=O)(=O)Cl)OCC1CCCO1. The van der Waals surface area contributed by atoms with E-state index >= 15 is 0 Å². The highest BCUT2D eigenvalue weighted by atomic mass is 35.7. The summed E-state index contributed by atoms with van der Waals surface area (Å²) < 4.78 is 31.9. The lowest BCUT2D eigenvalue weighted by Crippen LogP contribution is -2.30. The van der Waals surface area contributed by atoms with E-state index in [2.05, 4.69) is 4.74 Å². The van der Waals surface area contributed by atoms with Crippen LogP contribution in [0.5, 0.6) is 0 Å². The fraction of sp³-hybridized carbons (Fsp3) is 0.833. The molecule has 1 rings (SSSR count).